The molecule has 0 radical (unpaired) electrons. The summed E-state index contributed by atoms with van der Waals surface area (Å²) in [5, 5.41) is 9.54. The molecule has 5 rings (SSSR count). The lowest BCUT2D eigenvalue weighted by Gasteiger charge is -2.62. The van der Waals surface area contributed by atoms with E-state index < -0.39 is 5.97 Å². The summed E-state index contributed by atoms with van der Waals surface area (Å²) in [7, 11) is 0. The lowest BCUT2D eigenvalue weighted by molar-refractivity contribution is -0.169. The maximum Gasteiger partial charge on any atom is 0.307 e. The normalized spacial score (nSPS) is 49.5. The van der Waals surface area contributed by atoms with E-state index >= 15 is 0 Å². The van der Waals surface area contributed by atoms with Crippen molar-refractivity contribution in [2.45, 2.75) is 64.2 Å². The molecule has 5 saturated carbocycles. The summed E-state index contributed by atoms with van der Waals surface area (Å²) >= 11 is 0. The molecular weight excluding hydrogens is 236 g/mol. The van der Waals surface area contributed by atoms with Gasteiger partial charge in [-0.2, -0.15) is 0 Å². The van der Waals surface area contributed by atoms with Crippen LogP contribution in [0.4, 0.5) is 0 Å². The van der Waals surface area contributed by atoms with E-state index in [1.54, 1.807) is 0 Å². The minimum absolute atomic E-state index is 0.00765. The third-order valence-corrected chi connectivity index (χ3v) is 7.08. The van der Waals surface area contributed by atoms with Crippen LogP contribution in [0.2, 0.25) is 0 Å². The molecular formula is C17H26O2. The first-order chi connectivity index (χ1) is 9.18. The van der Waals surface area contributed by atoms with Crippen LogP contribution in [0.1, 0.15) is 64.2 Å². The number of hydrogen-bond donors (Lipinski definition) is 1. The highest BCUT2D eigenvalue weighted by atomic mass is 16.4. The highest BCUT2D eigenvalue weighted by molar-refractivity contribution is 5.71. The molecule has 0 saturated heterocycles. The Bertz CT molecular complexity index is 367. The van der Waals surface area contributed by atoms with Crippen molar-refractivity contribution in [1.82, 2.24) is 0 Å². The number of aliphatic carboxylic acids is 1. The smallest absolute Gasteiger partial charge is 0.307 e. The fraction of sp³-hybridized carbons (Fsp3) is 0.941. The van der Waals surface area contributed by atoms with Crippen molar-refractivity contribution in [2.24, 2.45) is 35.0 Å². The molecule has 0 aromatic rings. The Morgan fingerprint density at radius 1 is 0.947 bits per heavy atom. The zero-order chi connectivity index (χ0) is 13.0. The van der Waals surface area contributed by atoms with Crippen LogP contribution in [-0.2, 0) is 4.79 Å². The van der Waals surface area contributed by atoms with Gasteiger partial charge in [-0.1, -0.05) is 19.3 Å². The summed E-state index contributed by atoms with van der Waals surface area (Å²) in [5.41, 5.74) is 0.572. The van der Waals surface area contributed by atoms with Crippen LogP contribution in [0.5, 0.6) is 0 Å². The van der Waals surface area contributed by atoms with E-state index in [2.05, 4.69) is 0 Å². The Labute approximate surface area is 116 Å². The Morgan fingerprint density at radius 3 is 2.16 bits per heavy atom. The second kappa shape index (κ2) is 4.23. The number of hydrogen-bond acceptors (Lipinski definition) is 1. The molecule has 0 spiro atoms. The summed E-state index contributed by atoms with van der Waals surface area (Å²) in [4.78, 5) is 11.6. The summed E-state index contributed by atoms with van der Waals surface area (Å²) in [6, 6.07) is 0. The highest BCUT2D eigenvalue weighted by Gasteiger charge is 2.59. The minimum atomic E-state index is -0.493. The van der Waals surface area contributed by atoms with E-state index in [1.165, 1.54) is 64.2 Å². The van der Waals surface area contributed by atoms with E-state index in [1.807, 2.05) is 0 Å². The van der Waals surface area contributed by atoms with Gasteiger partial charge >= 0.3 is 5.97 Å². The minimum Gasteiger partial charge on any atom is -0.481 e. The van der Waals surface area contributed by atoms with Crippen LogP contribution in [0.3, 0.4) is 0 Å². The first kappa shape index (κ1) is 12.2. The predicted octanol–water partition coefficient (Wildman–Crippen LogP) is 4.09. The number of carboxylic acid groups (broad SMARTS) is 1. The van der Waals surface area contributed by atoms with Crippen LogP contribution in [0.15, 0.2) is 0 Å². The second-order valence-corrected chi connectivity index (χ2v) is 8.03. The van der Waals surface area contributed by atoms with E-state index in [0.29, 0.717) is 17.3 Å². The van der Waals surface area contributed by atoms with Gasteiger partial charge in [-0.15, -0.1) is 0 Å². The molecule has 2 heteroatoms. The lowest BCUT2D eigenvalue weighted by atomic mass is 9.42. The Balaban J connectivity index is 1.61. The summed E-state index contributed by atoms with van der Waals surface area (Å²) in [5.74, 6) is 2.36. The Morgan fingerprint density at radius 2 is 1.58 bits per heavy atom. The molecule has 0 amide bonds. The molecule has 2 atom stereocenters. The first-order valence-corrected chi connectivity index (χ1v) is 8.41. The molecule has 106 valence electrons. The van der Waals surface area contributed by atoms with Crippen molar-refractivity contribution in [1.29, 1.82) is 0 Å². The van der Waals surface area contributed by atoms with Gasteiger partial charge in [-0.05, 0) is 74.0 Å². The topological polar surface area (TPSA) is 37.3 Å². The van der Waals surface area contributed by atoms with Crippen LogP contribution in [-0.4, -0.2) is 11.1 Å². The van der Waals surface area contributed by atoms with Crippen molar-refractivity contribution in [2.75, 3.05) is 0 Å². The van der Waals surface area contributed by atoms with E-state index in [0.717, 1.165) is 11.8 Å². The summed E-state index contributed by atoms with van der Waals surface area (Å²) in [6.45, 7) is 0. The maximum absolute atomic E-state index is 11.6. The van der Waals surface area contributed by atoms with Crippen molar-refractivity contribution in [3.8, 4) is 0 Å². The van der Waals surface area contributed by atoms with E-state index in [4.69, 9.17) is 0 Å². The molecule has 5 aliphatic rings. The molecule has 4 bridgehead atoms. The molecule has 0 aliphatic heterocycles. The van der Waals surface area contributed by atoms with Gasteiger partial charge in [0.1, 0.15) is 0 Å². The molecule has 5 aliphatic carbocycles. The van der Waals surface area contributed by atoms with Gasteiger partial charge in [0.05, 0.1) is 5.92 Å². The Kier molecular flexibility index (Phi) is 2.72. The summed E-state index contributed by atoms with van der Waals surface area (Å²) < 4.78 is 0. The van der Waals surface area contributed by atoms with Crippen molar-refractivity contribution in [3.05, 3.63) is 0 Å². The van der Waals surface area contributed by atoms with Crippen LogP contribution >= 0.6 is 0 Å². The standard InChI is InChI=1S/C17H26O2/c18-16(19)15-12-6-11-7-13(15)10-17(8-11,9-12)14-4-2-1-3-5-14/h11-15H,1-10H2,(H,18,19). The molecule has 2 unspecified atom stereocenters. The van der Waals surface area contributed by atoms with Gasteiger partial charge in [-0.3, -0.25) is 4.79 Å². The van der Waals surface area contributed by atoms with Gasteiger partial charge in [0.15, 0.2) is 0 Å². The average Bonchev–Trinajstić information content (AvgIpc) is 2.38. The molecule has 0 aromatic heterocycles. The highest BCUT2D eigenvalue weighted by Crippen LogP contribution is 2.66. The number of rotatable bonds is 2. The van der Waals surface area contributed by atoms with Crippen LogP contribution in [0.25, 0.3) is 0 Å². The SMILES string of the molecule is O=C(O)C1C2CC3CC1CC(C1CCCCC1)(C3)C2. The Hall–Kier alpha value is -0.530. The van der Waals surface area contributed by atoms with Gasteiger partial charge in [0.2, 0.25) is 0 Å². The second-order valence-electron chi connectivity index (χ2n) is 8.03. The zero-order valence-electron chi connectivity index (χ0n) is 11.8. The fourth-order valence-electron chi connectivity index (χ4n) is 6.71. The third kappa shape index (κ3) is 1.78. The van der Waals surface area contributed by atoms with Crippen LogP contribution < -0.4 is 0 Å². The van der Waals surface area contributed by atoms with Crippen molar-refractivity contribution >= 4 is 5.97 Å². The van der Waals surface area contributed by atoms with Gasteiger partial charge in [0.25, 0.3) is 0 Å². The third-order valence-electron chi connectivity index (χ3n) is 7.08. The number of carboxylic acids is 1. The average molecular weight is 262 g/mol. The van der Waals surface area contributed by atoms with Gasteiger partial charge < -0.3 is 5.11 Å². The number of carbonyl (C=O) groups is 1. The molecule has 0 aromatic carbocycles. The maximum atomic E-state index is 11.6. The molecule has 0 heterocycles. The van der Waals surface area contributed by atoms with E-state index in [9.17, 15) is 9.90 Å². The van der Waals surface area contributed by atoms with Crippen molar-refractivity contribution in [3.63, 3.8) is 0 Å². The monoisotopic (exact) mass is 262 g/mol. The van der Waals surface area contributed by atoms with Crippen LogP contribution in [0, 0.1) is 35.0 Å². The lowest BCUT2D eigenvalue weighted by Crippen LogP contribution is -2.55. The zero-order valence-corrected chi connectivity index (χ0v) is 11.8. The molecule has 5 fully saturated rings. The van der Waals surface area contributed by atoms with Crippen molar-refractivity contribution < 1.29 is 9.90 Å². The molecule has 2 nitrogen and oxygen atoms in total. The fourth-order valence-corrected chi connectivity index (χ4v) is 6.71. The van der Waals surface area contributed by atoms with E-state index in [-0.39, 0.29) is 5.92 Å². The molecule has 19 heavy (non-hydrogen) atoms. The predicted molar refractivity (Wildman–Crippen MR) is 73.7 cm³/mol. The first-order valence-electron chi connectivity index (χ1n) is 8.41. The quantitative estimate of drug-likeness (QED) is 0.813. The van der Waals surface area contributed by atoms with Gasteiger partial charge in [-0.25, -0.2) is 0 Å². The molecule has 1 N–H and O–H groups in total. The van der Waals surface area contributed by atoms with Gasteiger partial charge in [0, 0.05) is 0 Å². The largest absolute Gasteiger partial charge is 0.481 e. The summed E-state index contributed by atoms with van der Waals surface area (Å²) in [6.07, 6.45) is 13.5.